The molecule has 0 bridgehead atoms. The Labute approximate surface area is 99.9 Å². The molecule has 0 atom stereocenters. The number of rotatable bonds is 3. The zero-order chi connectivity index (χ0) is 11.3. The largest absolute Gasteiger partial charge is 0.192 e. The van der Waals surface area contributed by atoms with Crippen molar-refractivity contribution in [2.75, 3.05) is 0 Å². The van der Waals surface area contributed by atoms with Gasteiger partial charge >= 0.3 is 0 Å². The summed E-state index contributed by atoms with van der Waals surface area (Å²) < 4.78 is 0. The van der Waals surface area contributed by atoms with E-state index in [9.17, 15) is 0 Å². The summed E-state index contributed by atoms with van der Waals surface area (Å²) in [5, 5.41) is 10.1. The molecule has 0 amide bonds. The molecule has 0 aliphatic heterocycles. The number of allylic oxidation sites excluding steroid dienone is 2. The highest BCUT2D eigenvalue weighted by molar-refractivity contribution is 6.35. The van der Waals surface area contributed by atoms with Crippen molar-refractivity contribution >= 4 is 28.8 Å². The Morgan fingerprint density at radius 3 is 2.73 bits per heavy atom. The Bertz CT molecular complexity index is 416. The van der Waals surface area contributed by atoms with Gasteiger partial charge in [-0.25, -0.2) is 0 Å². The first-order valence-corrected chi connectivity index (χ1v) is 5.50. The van der Waals surface area contributed by atoms with E-state index in [4.69, 9.17) is 28.5 Å². The van der Waals surface area contributed by atoms with Gasteiger partial charge in [0.05, 0.1) is 16.7 Å². The van der Waals surface area contributed by atoms with Crippen molar-refractivity contribution < 1.29 is 0 Å². The number of benzene rings is 1. The lowest BCUT2D eigenvalue weighted by Gasteiger charge is -2.02. The fraction of sp³-hybridized carbons (Fsp3) is 0.250. The van der Waals surface area contributed by atoms with Gasteiger partial charge in [-0.1, -0.05) is 48.7 Å². The van der Waals surface area contributed by atoms with Crippen LogP contribution in [-0.4, -0.2) is 0 Å². The van der Waals surface area contributed by atoms with Crippen LogP contribution in [0.2, 0.25) is 10.0 Å². The maximum absolute atomic E-state index is 8.99. The Hall–Kier alpha value is -0.970. The van der Waals surface area contributed by atoms with Crippen molar-refractivity contribution in [3.05, 3.63) is 39.9 Å². The van der Waals surface area contributed by atoms with Crippen molar-refractivity contribution in [3.63, 3.8) is 0 Å². The first-order valence-electron chi connectivity index (χ1n) is 4.74. The number of halogens is 2. The van der Waals surface area contributed by atoms with Crippen LogP contribution in [0.25, 0.3) is 5.57 Å². The van der Waals surface area contributed by atoms with Gasteiger partial charge in [0.25, 0.3) is 0 Å². The molecule has 1 aromatic rings. The molecule has 0 aliphatic rings. The maximum Gasteiger partial charge on any atom is 0.0995 e. The van der Waals surface area contributed by atoms with E-state index in [1.54, 1.807) is 18.2 Å². The van der Waals surface area contributed by atoms with Gasteiger partial charge in [0.2, 0.25) is 0 Å². The predicted molar refractivity (Wildman–Crippen MR) is 65.0 cm³/mol. The van der Waals surface area contributed by atoms with Gasteiger partial charge in [-0.05, 0) is 18.6 Å². The molecule has 0 fully saturated rings. The molecule has 1 nitrogen and oxygen atoms in total. The fourth-order valence-electron chi connectivity index (χ4n) is 1.21. The van der Waals surface area contributed by atoms with E-state index in [2.05, 4.69) is 13.0 Å². The van der Waals surface area contributed by atoms with Crippen LogP contribution >= 0.6 is 23.2 Å². The summed E-state index contributed by atoms with van der Waals surface area (Å²) in [6, 6.07) is 7.30. The molecule has 0 saturated heterocycles. The molecule has 0 aromatic heterocycles. The highest BCUT2D eigenvalue weighted by atomic mass is 35.5. The van der Waals surface area contributed by atoms with Gasteiger partial charge in [-0.2, -0.15) is 5.26 Å². The van der Waals surface area contributed by atoms with Gasteiger partial charge in [-0.3, -0.25) is 0 Å². The van der Waals surface area contributed by atoms with E-state index in [1.165, 1.54) is 0 Å². The van der Waals surface area contributed by atoms with Crippen molar-refractivity contribution in [3.8, 4) is 6.07 Å². The van der Waals surface area contributed by atoms with Crippen LogP contribution in [0, 0.1) is 11.3 Å². The summed E-state index contributed by atoms with van der Waals surface area (Å²) in [4.78, 5) is 0. The summed E-state index contributed by atoms with van der Waals surface area (Å²) >= 11 is 11.8. The Morgan fingerprint density at radius 2 is 2.20 bits per heavy atom. The summed E-state index contributed by atoms with van der Waals surface area (Å²) in [6.07, 6.45) is 3.79. The molecule has 0 N–H and O–H groups in total. The van der Waals surface area contributed by atoms with E-state index >= 15 is 0 Å². The van der Waals surface area contributed by atoms with E-state index in [-0.39, 0.29) is 0 Å². The van der Waals surface area contributed by atoms with E-state index in [0.717, 1.165) is 18.4 Å². The lowest BCUT2D eigenvalue weighted by Crippen LogP contribution is -1.83. The number of unbranched alkanes of at least 4 members (excludes halogenated alkanes) is 1. The smallest absolute Gasteiger partial charge is 0.0995 e. The van der Waals surface area contributed by atoms with Crippen LogP contribution in [0.5, 0.6) is 0 Å². The van der Waals surface area contributed by atoms with Crippen LogP contribution in [-0.2, 0) is 0 Å². The zero-order valence-corrected chi connectivity index (χ0v) is 9.94. The minimum absolute atomic E-state index is 0.520. The quantitative estimate of drug-likeness (QED) is 0.702. The van der Waals surface area contributed by atoms with Crippen LogP contribution in [0.3, 0.4) is 0 Å². The van der Waals surface area contributed by atoms with E-state index in [0.29, 0.717) is 15.6 Å². The monoisotopic (exact) mass is 239 g/mol. The van der Waals surface area contributed by atoms with E-state index in [1.807, 2.05) is 6.08 Å². The molecule has 0 heterocycles. The number of hydrogen-bond donors (Lipinski definition) is 0. The maximum atomic E-state index is 8.99. The molecule has 0 spiro atoms. The van der Waals surface area contributed by atoms with Gasteiger partial charge < -0.3 is 0 Å². The van der Waals surface area contributed by atoms with Gasteiger partial charge in [0, 0.05) is 10.6 Å². The Kier molecular flexibility index (Phi) is 4.68. The highest BCUT2D eigenvalue weighted by Gasteiger charge is 2.05. The Balaban J connectivity index is 3.09. The average molecular weight is 240 g/mol. The van der Waals surface area contributed by atoms with Crippen molar-refractivity contribution in [1.29, 1.82) is 5.26 Å². The van der Waals surface area contributed by atoms with Crippen molar-refractivity contribution in [2.45, 2.75) is 19.8 Å². The molecule has 0 unspecified atom stereocenters. The third-order valence-corrected chi connectivity index (χ3v) is 2.53. The number of nitrogens with zero attached hydrogens (tertiary/aromatic N) is 1. The summed E-state index contributed by atoms with van der Waals surface area (Å²) in [6.45, 7) is 2.06. The van der Waals surface area contributed by atoms with Gasteiger partial charge in [0.15, 0.2) is 0 Å². The second-order valence-corrected chi connectivity index (χ2v) is 3.99. The van der Waals surface area contributed by atoms with Crippen molar-refractivity contribution in [1.82, 2.24) is 0 Å². The molecule has 78 valence electrons. The summed E-state index contributed by atoms with van der Waals surface area (Å²) in [7, 11) is 0. The normalized spacial score (nSPS) is 11.2. The molecule has 15 heavy (non-hydrogen) atoms. The molecule has 3 heteroatoms. The minimum Gasteiger partial charge on any atom is -0.192 e. The van der Waals surface area contributed by atoms with Crippen LogP contribution in [0.15, 0.2) is 24.3 Å². The minimum atomic E-state index is 0.520. The first-order chi connectivity index (χ1) is 7.19. The molecule has 0 radical (unpaired) electrons. The molecular formula is C12H11Cl2N. The molecule has 0 saturated carbocycles. The van der Waals surface area contributed by atoms with E-state index < -0.39 is 0 Å². The third kappa shape index (κ3) is 3.27. The predicted octanol–water partition coefficient (Wildman–Crippen LogP) is 4.70. The van der Waals surface area contributed by atoms with Crippen LogP contribution in [0.4, 0.5) is 0 Å². The molecule has 1 aromatic carbocycles. The topological polar surface area (TPSA) is 23.8 Å². The SMILES string of the molecule is CCCC=C(C#N)c1ccc(Cl)cc1Cl. The molecule has 1 rings (SSSR count). The lowest BCUT2D eigenvalue weighted by atomic mass is 10.1. The molecule has 0 aliphatic carbocycles. The van der Waals surface area contributed by atoms with Crippen LogP contribution < -0.4 is 0 Å². The fourth-order valence-corrected chi connectivity index (χ4v) is 1.72. The summed E-state index contributed by atoms with van der Waals surface area (Å²) in [5.74, 6) is 0. The van der Waals surface area contributed by atoms with Gasteiger partial charge in [0.1, 0.15) is 0 Å². The van der Waals surface area contributed by atoms with Gasteiger partial charge in [-0.15, -0.1) is 0 Å². The highest BCUT2D eigenvalue weighted by Crippen LogP contribution is 2.27. The zero-order valence-electron chi connectivity index (χ0n) is 8.43. The second kappa shape index (κ2) is 5.80. The second-order valence-electron chi connectivity index (χ2n) is 3.14. The average Bonchev–Trinajstić information content (AvgIpc) is 2.21. The third-order valence-electron chi connectivity index (χ3n) is 1.98. The number of hydrogen-bond acceptors (Lipinski definition) is 1. The summed E-state index contributed by atoms with van der Waals surface area (Å²) in [5.41, 5.74) is 1.36. The first kappa shape index (κ1) is 12.1. The standard InChI is InChI=1S/C12H11Cl2N/c1-2-3-4-9(8-15)11-6-5-10(13)7-12(11)14/h4-7H,2-3H2,1H3. The Morgan fingerprint density at radius 1 is 1.47 bits per heavy atom. The van der Waals surface area contributed by atoms with Crippen LogP contribution in [0.1, 0.15) is 25.3 Å². The molecular weight excluding hydrogens is 229 g/mol. The number of nitriles is 1. The van der Waals surface area contributed by atoms with Crippen molar-refractivity contribution in [2.24, 2.45) is 0 Å². The lowest BCUT2D eigenvalue weighted by molar-refractivity contribution is 0.960.